The van der Waals surface area contributed by atoms with Gasteiger partial charge in [0.05, 0.1) is 5.92 Å². The second-order valence-electron chi connectivity index (χ2n) is 6.26. The molecule has 1 amide bonds. The zero-order valence-electron chi connectivity index (χ0n) is 11.8. The molecule has 4 heteroatoms. The molecule has 0 aromatic heterocycles. The lowest BCUT2D eigenvalue weighted by atomic mass is 9.84. The van der Waals surface area contributed by atoms with Crippen molar-refractivity contribution in [3.8, 4) is 0 Å². The number of carbonyl (C=O) groups is 1. The molecule has 1 aromatic carbocycles. The normalized spacial score (nSPS) is 31.6. The Balaban J connectivity index is 1.68. The molecule has 0 heterocycles. The number of hydrogen-bond donors (Lipinski definition) is 1. The van der Waals surface area contributed by atoms with Crippen LogP contribution < -0.4 is 5.73 Å². The zero-order chi connectivity index (χ0) is 14.3. The first-order chi connectivity index (χ1) is 9.56. The molecule has 2 saturated carbocycles. The first kappa shape index (κ1) is 13.6. The van der Waals surface area contributed by atoms with Crippen molar-refractivity contribution < 1.29 is 9.18 Å². The molecule has 1 aromatic rings. The number of nitrogens with two attached hydrogens (primary N) is 1. The SMILES string of the molecule is CN(Cc1cccc(F)c1)C(=O)C1C2CCC(C2)C1N. The van der Waals surface area contributed by atoms with E-state index in [9.17, 15) is 9.18 Å². The van der Waals surface area contributed by atoms with Crippen LogP contribution in [0.1, 0.15) is 24.8 Å². The summed E-state index contributed by atoms with van der Waals surface area (Å²) >= 11 is 0. The first-order valence-corrected chi connectivity index (χ1v) is 7.31. The first-order valence-electron chi connectivity index (χ1n) is 7.31. The lowest BCUT2D eigenvalue weighted by Gasteiger charge is -2.30. The van der Waals surface area contributed by atoms with Crippen LogP contribution in [-0.2, 0) is 11.3 Å². The summed E-state index contributed by atoms with van der Waals surface area (Å²) in [5.74, 6) is 0.801. The second-order valence-corrected chi connectivity index (χ2v) is 6.26. The fourth-order valence-corrected chi connectivity index (χ4v) is 3.94. The highest BCUT2D eigenvalue weighted by atomic mass is 19.1. The van der Waals surface area contributed by atoms with Crippen LogP contribution in [0.3, 0.4) is 0 Å². The van der Waals surface area contributed by atoms with Crippen LogP contribution >= 0.6 is 0 Å². The number of fused-ring (bicyclic) bond motifs is 2. The molecular weight excluding hydrogens is 255 g/mol. The number of benzene rings is 1. The summed E-state index contributed by atoms with van der Waals surface area (Å²) in [7, 11) is 1.78. The van der Waals surface area contributed by atoms with Crippen molar-refractivity contribution >= 4 is 5.91 Å². The molecule has 2 bridgehead atoms. The van der Waals surface area contributed by atoms with Crippen molar-refractivity contribution in [1.29, 1.82) is 0 Å². The van der Waals surface area contributed by atoms with E-state index in [-0.39, 0.29) is 23.7 Å². The average Bonchev–Trinajstić information content (AvgIpc) is 2.98. The Hall–Kier alpha value is -1.42. The van der Waals surface area contributed by atoms with E-state index in [1.165, 1.54) is 18.6 Å². The average molecular weight is 276 g/mol. The fourth-order valence-electron chi connectivity index (χ4n) is 3.94. The minimum absolute atomic E-state index is 0.0104. The molecule has 2 fully saturated rings. The summed E-state index contributed by atoms with van der Waals surface area (Å²) in [4.78, 5) is 14.3. The molecular formula is C16H21FN2O. The molecule has 20 heavy (non-hydrogen) atoms. The van der Waals surface area contributed by atoms with Crippen molar-refractivity contribution in [2.45, 2.75) is 31.8 Å². The molecule has 108 valence electrons. The largest absolute Gasteiger partial charge is 0.341 e. The second kappa shape index (κ2) is 5.17. The highest BCUT2D eigenvalue weighted by Gasteiger charge is 2.49. The Labute approximate surface area is 118 Å². The van der Waals surface area contributed by atoms with Crippen molar-refractivity contribution in [2.75, 3.05) is 7.05 Å². The molecule has 2 aliphatic rings. The molecule has 4 unspecified atom stereocenters. The number of nitrogens with zero attached hydrogens (tertiary/aromatic N) is 1. The standard InChI is InChI=1S/C16H21FN2O/c1-19(9-10-3-2-4-13(17)7-10)16(20)14-11-5-6-12(8-11)15(14)18/h2-4,7,11-12,14-15H,5-6,8-9,18H2,1H3. The maximum atomic E-state index is 13.2. The van der Waals surface area contributed by atoms with Crippen LogP contribution in [0.15, 0.2) is 24.3 Å². The molecule has 0 aliphatic heterocycles. The molecule has 0 saturated heterocycles. The summed E-state index contributed by atoms with van der Waals surface area (Å²) in [6, 6.07) is 6.41. The van der Waals surface area contributed by atoms with E-state index in [1.54, 1.807) is 18.0 Å². The predicted molar refractivity (Wildman–Crippen MR) is 75.2 cm³/mol. The van der Waals surface area contributed by atoms with Crippen LogP contribution in [0.4, 0.5) is 4.39 Å². The van der Waals surface area contributed by atoms with E-state index < -0.39 is 0 Å². The molecule has 0 spiro atoms. The van der Waals surface area contributed by atoms with Gasteiger partial charge in [0.2, 0.25) is 5.91 Å². The number of rotatable bonds is 3. The van der Waals surface area contributed by atoms with Crippen molar-refractivity contribution in [1.82, 2.24) is 4.90 Å². The number of amides is 1. The van der Waals surface area contributed by atoms with Crippen LogP contribution in [0.25, 0.3) is 0 Å². The van der Waals surface area contributed by atoms with Gasteiger partial charge in [0.25, 0.3) is 0 Å². The van der Waals surface area contributed by atoms with E-state index in [0.29, 0.717) is 18.4 Å². The van der Waals surface area contributed by atoms with Crippen molar-refractivity contribution in [2.24, 2.45) is 23.5 Å². The summed E-state index contributed by atoms with van der Waals surface area (Å²) < 4.78 is 13.2. The third-order valence-corrected chi connectivity index (χ3v) is 4.95. The van der Waals surface area contributed by atoms with Gasteiger partial charge in [-0.2, -0.15) is 0 Å². The highest BCUT2D eigenvalue weighted by molar-refractivity contribution is 5.80. The van der Waals surface area contributed by atoms with Crippen LogP contribution in [-0.4, -0.2) is 23.9 Å². The molecule has 3 nitrogen and oxygen atoms in total. The van der Waals surface area contributed by atoms with E-state index in [2.05, 4.69) is 0 Å². The van der Waals surface area contributed by atoms with Gasteiger partial charge in [-0.05, 0) is 48.8 Å². The predicted octanol–water partition coefficient (Wildman–Crippen LogP) is 2.16. The number of hydrogen-bond acceptors (Lipinski definition) is 2. The van der Waals surface area contributed by atoms with Gasteiger partial charge in [-0.3, -0.25) is 4.79 Å². The molecule has 3 rings (SSSR count). The topological polar surface area (TPSA) is 46.3 Å². The maximum Gasteiger partial charge on any atom is 0.227 e. The molecule has 0 radical (unpaired) electrons. The van der Waals surface area contributed by atoms with Gasteiger partial charge >= 0.3 is 0 Å². The van der Waals surface area contributed by atoms with Gasteiger partial charge in [0, 0.05) is 19.6 Å². The lowest BCUT2D eigenvalue weighted by molar-refractivity contribution is -0.137. The fraction of sp³-hybridized carbons (Fsp3) is 0.562. The number of halogens is 1. The molecule has 4 atom stereocenters. The lowest BCUT2D eigenvalue weighted by Crippen LogP contribution is -2.45. The Morgan fingerprint density at radius 1 is 1.40 bits per heavy atom. The van der Waals surface area contributed by atoms with Gasteiger partial charge in [0.1, 0.15) is 5.82 Å². The third kappa shape index (κ3) is 2.33. The summed E-state index contributed by atoms with van der Waals surface area (Å²) in [6.45, 7) is 0.442. The quantitative estimate of drug-likeness (QED) is 0.919. The monoisotopic (exact) mass is 276 g/mol. The summed E-state index contributed by atoms with van der Waals surface area (Å²) in [5.41, 5.74) is 7.03. The number of carbonyl (C=O) groups excluding carboxylic acids is 1. The maximum absolute atomic E-state index is 13.2. The third-order valence-electron chi connectivity index (χ3n) is 4.95. The molecule has 2 aliphatic carbocycles. The van der Waals surface area contributed by atoms with Gasteiger partial charge in [0.15, 0.2) is 0 Å². The van der Waals surface area contributed by atoms with Crippen molar-refractivity contribution in [3.63, 3.8) is 0 Å². The minimum Gasteiger partial charge on any atom is -0.341 e. The van der Waals surface area contributed by atoms with E-state index in [4.69, 9.17) is 5.73 Å². The Morgan fingerprint density at radius 3 is 2.80 bits per heavy atom. The van der Waals surface area contributed by atoms with Crippen LogP contribution in [0.5, 0.6) is 0 Å². The van der Waals surface area contributed by atoms with Gasteiger partial charge < -0.3 is 10.6 Å². The van der Waals surface area contributed by atoms with E-state index in [0.717, 1.165) is 18.4 Å². The van der Waals surface area contributed by atoms with Crippen LogP contribution in [0, 0.1) is 23.6 Å². The summed E-state index contributed by atoms with van der Waals surface area (Å²) in [6.07, 6.45) is 3.40. The molecule has 2 N–H and O–H groups in total. The zero-order valence-corrected chi connectivity index (χ0v) is 11.8. The van der Waals surface area contributed by atoms with E-state index >= 15 is 0 Å². The van der Waals surface area contributed by atoms with E-state index in [1.807, 2.05) is 6.07 Å². The Kier molecular flexibility index (Phi) is 3.50. The highest BCUT2D eigenvalue weighted by Crippen LogP contribution is 2.48. The Morgan fingerprint density at radius 2 is 2.15 bits per heavy atom. The van der Waals surface area contributed by atoms with Crippen LogP contribution in [0.2, 0.25) is 0 Å². The van der Waals surface area contributed by atoms with Crippen molar-refractivity contribution in [3.05, 3.63) is 35.6 Å². The Bertz CT molecular complexity index is 517. The smallest absolute Gasteiger partial charge is 0.227 e. The minimum atomic E-state index is -0.264. The van der Waals surface area contributed by atoms with Gasteiger partial charge in [-0.25, -0.2) is 4.39 Å². The van der Waals surface area contributed by atoms with Gasteiger partial charge in [-0.1, -0.05) is 12.1 Å². The van der Waals surface area contributed by atoms with Gasteiger partial charge in [-0.15, -0.1) is 0 Å². The summed E-state index contributed by atoms with van der Waals surface area (Å²) in [5, 5.41) is 0.